The van der Waals surface area contributed by atoms with E-state index in [0.717, 1.165) is 68.1 Å². The molecular weight excluding hydrogens is 386 g/mol. The number of nitrogens with zero attached hydrogens (tertiary/aromatic N) is 5. The standard InChI is InChI=1S/C21H26ClN7/c1-28-11-13-29(14-12-28)20-6-10-26-21(27-20)25-8-2-7-23-18-5-9-24-19-15-16(22)3-4-17(18)19/h3-6,9-10,15H,2,7-8,11-14H2,1H3,(H,23,24)(H,25,26,27). The number of halogens is 1. The Bertz CT molecular complexity index is 957. The lowest BCUT2D eigenvalue weighted by molar-refractivity contribution is 0.312. The van der Waals surface area contributed by atoms with Gasteiger partial charge in [-0.15, -0.1) is 0 Å². The summed E-state index contributed by atoms with van der Waals surface area (Å²) in [7, 11) is 2.16. The van der Waals surface area contributed by atoms with Crippen molar-refractivity contribution in [1.29, 1.82) is 0 Å². The minimum absolute atomic E-state index is 0.686. The van der Waals surface area contributed by atoms with E-state index in [4.69, 9.17) is 11.6 Å². The van der Waals surface area contributed by atoms with E-state index >= 15 is 0 Å². The average Bonchev–Trinajstić information content (AvgIpc) is 2.74. The Morgan fingerprint density at radius 2 is 1.76 bits per heavy atom. The van der Waals surface area contributed by atoms with E-state index in [1.165, 1.54) is 0 Å². The molecule has 7 nitrogen and oxygen atoms in total. The summed E-state index contributed by atoms with van der Waals surface area (Å²) in [5.74, 6) is 1.68. The molecule has 0 amide bonds. The SMILES string of the molecule is CN1CCN(c2ccnc(NCCCNc3ccnc4cc(Cl)ccc34)n2)CC1. The maximum Gasteiger partial charge on any atom is 0.224 e. The van der Waals surface area contributed by atoms with Crippen molar-refractivity contribution in [3.05, 3.63) is 47.7 Å². The quantitative estimate of drug-likeness (QED) is 0.578. The van der Waals surface area contributed by atoms with Crippen LogP contribution in [0.15, 0.2) is 42.7 Å². The van der Waals surface area contributed by atoms with Crippen LogP contribution in [-0.4, -0.2) is 66.2 Å². The Morgan fingerprint density at radius 1 is 0.966 bits per heavy atom. The zero-order valence-electron chi connectivity index (χ0n) is 16.6. The molecule has 3 heterocycles. The molecule has 2 aromatic heterocycles. The Hall–Kier alpha value is -2.64. The molecule has 0 spiro atoms. The van der Waals surface area contributed by atoms with Crippen molar-refractivity contribution in [2.45, 2.75) is 6.42 Å². The number of hydrogen-bond donors (Lipinski definition) is 2. The van der Waals surface area contributed by atoms with Gasteiger partial charge in [-0.2, -0.15) is 4.98 Å². The molecule has 4 rings (SSSR count). The van der Waals surface area contributed by atoms with Crippen LogP contribution in [0.2, 0.25) is 5.02 Å². The van der Waals surface area contributed by atoms with E-state index < -0.39 is 0 Å². The van der Waals surface area contributed by atoms with Crippen LogP contribution in [0.1, 0.15) is 6.42 Å². The maximum absolute atomic E-state index is 6.06. The Balaban J connectivity index is 1.27. The van der Waals surface area contributed by atoms with Crippen LogP contribution in [0.4, 0.5) is 17.5 Å². The largest absolute Gasteiger partial charge is 0.384 e. The topological polar surface area (TPSA) is 69.2 Å². The molecule has 1 fully saturated rings. The molecule has 8 heteroatoms. The number of rotatable bonds is 7. The van der Waals surface area contributed by atoms with Gasteiger partial charge in [-0.05, 0) is 43.8 Å². The van der Waals surface area contributed by atoms with Crippen LogP contribution in [-0.2, 0) is 0 Å². The molecule has 0 bridgehead atoms. The number of pyridine rings is 1. The highest BCUT2D eigenvalue weighted by Gasteiger charge is 2.15. The predicted molar refractivity (Wildman–Crippen MR) is 120 cm³/mol. The lowest BCUT2D eigenvalue weighted by atomic mass is 10.2. The molecule has 29 heavy (non-hydrogen) atoms. The highest BCUT2D eigenvalue weighted by Crippen LogP contribution is 2.24. The Kier molecular flexibility index (Phi) is 6.27. The van der Waals surface area contributed by atoms with Crippen molar-refractivity contribution in [3.8, 4) is 0 Å². The summed E-state index contributed by atoms with van der Waals surface area (Å²) >= 11 is 6.06. The first kappa shape index (κ1) is 19.7. The molecule has 1 aliphatic heterocycles. The Labute approximate surface area is 176 Å². The van der Waals surface area contributed by atoms with Crippen molar-refractivity contribution < 1.29 is 0 Å². The summed E-state index contributed by atoms with van der Waals surface area (Å²) in [6.07, 6.45) is 4.58. The van der Waals surface area contributed by atoms with Crippen LogP contribution in [0.5, 0.6) is 0 Å². The van der Waals surface area contributed by atoms with Crippen molar-refractivity contribution in [1.82, 2.24) is 19.9 Å². The summed E-state index contributed by atoms with van der Waals surface area (Å²) in [6, 6.07) is 9.76. The minimum Gasteiger partial charge on any atom is -0.384 e. The fourth-order valence-corrected chi connectivity index (χ4v) is 3.60. The summed E-state index contributed by atoms with van der Waals surface area (Å²) in [5.41, 5.74) is 1.97. The minimum atomic E-state index is 0.686. The summed E-state index contributed by atoms with van der Waals surface area (Å²) in [6.45, 7) is 5.77. The third kappa shape index (κ3) is 5.05. The average molecular weight is 412 g/mol. The van der Waals surface area contributed by atoms with Crippen LogP contribution < -0.4 is 15.5 Å². The van der Waals surface area contributed by atoms with Crippen molar-refractivity contribution in [2.24, 2.45) is 0 Å². The normalized spacial score (nSPS) is 14.9. The van der Waals surface area contributed by atoms with E-state index in [9.17, 15) is 0 Å². The van der Waals surface area contributed by atoms with Crippen LogP contribution in [0, 0.1) is 0 Å². The van der Waals surface area contributed by atoms with Gasteiger partial charge in [-0.3, -0.25) is 4.98 Å². The molecule has 1 saturated heterocycles. The number of aromatic nitrogens is 3. The molecule has 152 valence electrons. The van der Waals surface area contributed by atoms with Gasteiger partial charge in [-0.25, -0.2) is 4.98 Å². The van der Waals surface area contributed by atoms with E-state index in [0.29, 0.717) is 11.0 Å². The summed E-state index contributed by atoms with van der Waals surface area (Å²) in [5, 5.41) is 8.59. The number of likely N-dealkylation sites (N-methyl/N-ethyl adjacent to an activating group) is 1. The smallest absolute Gasteiger partial charge is 0.224 e. The number of anilines is 3. The molecule has 0 unspecified atom stereocenters. The lowest BCUT2D eigenvalue weighted by Gasteiger charge is -2.33. The lowest BCUT2D eigenvalue weighted by Crippen LogP contribution is -2.44. The van der Waals surface area contributed by atoms with Gasteiger partial charge in [0.05, 0.1) is 5.52 Å². The Morgan fingerprint density at radius 3 is 2.62 bits per heavy atom. The number of benzene rings is 1. The number of nitrogens with one attached hydrogen (secondary N) is 2. The molecule has 2 N–H and O–H groups in total. The molecule has 0 saturated carbocycles. The van der Waals surface area contributed by atoms with Crippen LogP contribution >= 0.6 is 11.6 Å². The first-order valence-corrected chi connectivity index (χ1v) is 10.4. The molecular formula is C21H26ClN7. The van der Waals surface area contributed by atoms with Gasteiger partial charge in [0.15, 0.2) is 0 Å². The molecule has 1 aliphatic rings. The summed E-state index contributed by atoms with van der Waals surface area (Å²) in [4.78, 5) is 18.1. The van der Waals surface area contributed by atoms with Crippen LogP contribution in [0.3, 0.4) is 0 Å². The van der Waals surface area contributed by atoms with Gasteiger partial charge in [-0.1, -0.05) is 11.6 Å². The fraction of sp³-hybridized carbons (Fsp3) is 0.381. The van der Waals surface area contributed by atoms with Crippen molar-refractivity contribution in [3.63, 3.8) is 0 Å². The second kappa shape index (κ2) is 9.24. The first-order chi connectivity index (χ1) is 14.2. The van der Waals surface area contributed by atoms with Gasteiger partial charge in [0.25, 0.3) is 0 Å². The second-order valence-corrected chi connectivity index (χ2v) is 7.69. The number of hydrogen-bond acceptors (Lipinski definition) is 7. The monoisotopic (exact) mass is 411 g/mol. The molecule has 0 atom stereocenters. The number of fused-ring (bicyclic) bond motifs is 1. The van der Waals surface area contributed by atoms with Crippen molar-refractivity contribution >= 4 is 40.0 Å². The fourth-order valence-electron chi connectivity index (χ4n) is 3.43. The third-order valence-corrected chi connectivity index (χ3v) is 5.36. The van der Waals surface area contributed by atoms with Gasteiger partial charge in [0, 0.05) is 67.8 Å². The van der Waals surface area contributed by atoms with E-state index in [2.05, 4.69) is 42.4 Å². The highest BCUT2D eigenvalue weighted by molar-refractivity contribution is 6.31. The third-order valence-electron chi connectivity index (χ3n) is 5.13. The van der Waals surface area contributed by atoms with Gasteiger partial charge in [0.1, 0.15) is 5.82 Å². The van der Waals surface area contributed by atoms with Crippen molar-refractivity contribution in [2.75, 3.05) is 61.8 Å². The maximum atomic E-state index is 6.06. The van der Waals surface area contributed by atoms with Gasteiger partial charge >= 0.3 is 0 Å². The van der Waals surface area contributed by atoms with E-state index in [1.54, 1.807) is 6.20 Å². The van der Waals surface area contributed by atoms with E-state index in [-0.39, 0.29) is 0 Å². The predicted octanol–water partition coefficient (Wildman–Crippen LogP) is 3.34. The molecule has 0 aliphatic carbocycles. The molecule has 3 aromatic rings. The number of piperazine rings is 1. The zero-order valence-corrected chi connectivity index (χ0v) is 17.4. The van der Waals surface area contributed by atoms with Gasteiger partial charge < -0.3 is 20.4 Å². The zero-order chi connectivity index (χ0) is 20.1. The van der Waals surface area contributed by atoms with Crippen LogP contribution in [0.25, 0.3) is 10.9 Å². The molecule has 0 radical (unpaired) electrons. The molecule has 1 aromatic carbocycles. The first-order valence-electron chi connectivity index (χ1n) is 9.97. The van der Waals surface area contributed by atoms with E-state index in [1.807, 2.05) is 36.5 Å². The second-order valence-electron chi connectivity index (χ2n) is 7.26. The summed E-state index contributed by atoms with van der Waals surface area (Å²) < 4.78 is 0. The van der Waals surface area contributed by atoms with Gasteiger partial charge in [0.2, 0.25) is 5.95 Å². The highest BCUT2D eigenvalue weighted by atomic mass is 35.5.